The molecular formula is C13H15Cl2NO3. The van der Waals surface area contributed by atoms with E-state index in [0.717, 1.165) is 12.0 Å². The number of carbonyl (C=O) groups excluding carboxylic acids is 1. The molecule has 104 valence electrons. The fourth-order valence-electron chi connectivity index (χ4n) is 2.06. The van der Waals surface area contributed by atoms with Gasteiger partial charge in [-0.3, -0.25) is 10.1 Å². The minimum Gasteiger partial charge on any atom is -0.492 e. The van der Waals surface area contributed by atoms with Crippen molar-refractivity contribution < 1.29 is 14.3 Å². The van der Waals surface area contributed by atoms with Gasteiger partial charge in [-0.05, 0) is 19.1 Å². The molecule has 0 aromatic heterocycles. The number of rotatable bonds is 4. The van der Waals surface area contributed by atoms with E-state index in [1.165, 1.54) is 0 Å². The van der Waals surface area contributed by atoms with E-state index in [0.29, 0.717) is 29.0 Å². The van der Waals surface area contributed by atoms with Gasteiger partial charge in [0.05, 0.1) is 24.8 Å². The minimum absolute atomic E-state index is 0.00986. The van der Waals surface area contributed by atoms with E-state index >= 15 is 0 Å². The lowest BCUT2D eigenvalue weighted by atomic mass is 10.0. The Hall–Kier alpha value is -0.970. The largest absolute Gasteiger partial charge is 0.492 e. The molecule has 1 N–H and O–H groups in total. The van der Waals surface area contributed by atoms with Crippen molar-refractivity contribution in [3.63, 3.8) is 0 Å². The van der Waals surface area contributed by atoms with Crippen LogP contribution in [0.25, 0.3) is 0 Å². The summed E-state index contributed by atoms with van der Waals surface area (Å²) < 4.78 is 10.4. The molecule has 1 unspecified atom stereocenters. The molecular weight excluding hydrogens is 289 g/mol. The Morgan fingerprint density at radius 2 is 2.32 bits per heavy atom. The van der Waals surface area contributed by atoms with Gasteiger partial charge in [0, 0.05) is 23.0 Å². The maximum absolute atomic E-state index is 11.4. The quantitative estimate of drug-likeness (QED) is 0.869. The van der Waals surface area contributed by atoms with Crippen LogP contribution in [0, 0.1) is 0 Å². The van der Waals surface area contributed by atoms with Crippen molar-refractivity contribution >= 4 is 29.2 Å². The molecule has 0 saturated carbocycles. The summed E-state index contributed by atoms with van der Waals surface area (Å²) in [5, 5.41) is 4.19. The minimum atomic E-state index is -0.274. The third kappa shape index (κ3) is 3.53. The van der Waals surface area contributed by atoms with E-state index in [4.69, 9.17) is 32.7 Å². The molecule has 1 aromatic rings. The molecule has 1 heterocycles. The summed E-state index contributed by atoms with van der Waals surface area (Å²) in [6, 6.07) is 3.45. The highest BCUT2D eigenvalue weighted by Crippen LogP contribution is 2.39. The van der Waals surface area contributed by atoms with E-state index in [-0.39, 0.29) is 18.6 Å². The fraction of sp³-hybridized carbons (Fsp3) is 0.462. The molecule has 2 rings (SSSR count). The molecule has 0 radical (unpaired) electrons. The van der Waals surface area contributed by atoms with Gasteiger partial charge in [0.1, 0.15) is 5.75 Å². The molecule has 0 aliphatic carbocycles. The van der Waals surface area contributed by atoms with Crippen LogP contribution in [0.3, 0.4) is 0 Å². The molecule has 0 fully saturated rings. The predicted octanol–water partition coefficient (Wildman–Crippen LogP) is 2.97. The monoisotopic (exact) mass is 303 g/mol. The van der Waals surface area contributed by atoms with Gasteiger partial charge in [-0.2, -0.15) is 0 Å². The van der Waals surface area contributed by atoms with E-state index in [1.54, 1.807) is 13.0 Å². The third-order valence-electron chi connectivity index (χ3n) is 2.86. The number of benzene rings is 1. The number of hydrogen-bond acceptors (Lipinski definition) is 4. The Morgan fingerprint density at radius 1 is 1.53 bits per heavy atom. The Kier molecular flexibility index (Phi) is 4.91. The van der Waals surface area contributed by atoms with Crippen molar-refractivity contribution in [2.24, 2.45) is 0 Å². The molecule has 19 heavy (non-hydrogen) atoms. The fourth-order valence-corrected chi connectivity index (χ4v) is 2.62. The maximum Gasteiger partial charge on any atom is 0.319 e. The van der Waals surface area contributed by atoms with Crippen LogP contribution < -0.4 is 10.1 Å². The lowest BCUT2D eigenvalue weighted by molar-refractivity contribution is -0.142. The number of hydrogen-bond donors (Lipinski definition) is 1. The van der Waals surface area contributed by atoms with Crippen molar-refractivity contribution in [2.75, 3.05) is 19.8 Å². The smallest absolute Gasteiger partial charge is 0.319 e. The molecule has 1 aromatic carbocycles. The number of carbonyl (C=O) groups is 1. The van der Waals surface area contributed by atoms with Gasteiger partial charge in [0.25, 0.3) is 0 Å². The second-order valence-corrected chi connectivity index (χ2v) is 5.03. The molecule has 4 nitrogen and oxygen atoms in total. The van der Waals surface area contributed by atoms with Crippen molar-refractivity contribution in [1.82, 2.24) is 5.32 Å². The maximum atomic E-state index is 11.4. The molecule has 0 saturated heterocycles. The first-order chi connectivity index (χ1) is 9.11. The lowest BCUT2D eigenvalue weighted by Gasteiger charge is -2.27. The van der Waals surface area contributed by atoms with Gasteiger partial charge < -0.3 is 9.47 Å². The summed E-state index contributed by atoms with van der Waals surface area (Å²) >= 11 is 12.1. The molecule has 0 amide bonds. The normalized spacial score (nSPS) is 17.5. The Morgan fingerprint density at radius 3 is 3.05 bits per heavy atom. The zero-order valence-electron chi connectivity index (χ0n) is 10.5. The number of fused-ring (bicyclic) bond motifs is 1. The summed E-state index contributed by atoms with van der Waals surface area (Å²) in [4.78, 5) is 11.4. The van der Waals surface area contributed by atoms with E-state index in [2.05, 4.69) is 5.32 Å². The highest BCUT2D eigenvalue weighted by Gasteiger charge is 2.24. The average molecular weight is 304 g/mol. The van der Waals surface area contributed by atoms with Gasteiger partial charge in [0.15, 0.2) is 0 Å². The summed E-state index contributed by atoms with van der Waals surface area (Å²) in [6.45, 7) is 2.86. The SMILES string of the molecule is CCOC(=O)CNC1CCOc2c(Cl)cc(Cl)cc21. The van der Waals surface area contributed by atoms with Crippen LogP contribution >= 0.6 is 23.2 Å². The molecule has 1 atom stereocenters. The first-order valence-corrected chi connectivity index (χ1v) is 6.88. The van der Waals surface area contributed by atoms with E-state index in [9.17, 15) is 4.79 Å². The number of esters is 1. The summed E-state index contributed by atoms with van der Waals surface area (Å²) in [5.74, 6) is 0.363. The zero-order chi connectivity index (χ0) is 13.8. The van der Waals surface area contributed by atoms with Crippen molar-refractivity contribution in [3.05, 3.63) is 27.7 Å². The first-order valence-electron chi connectivity index (χ1n) is 6.12. The van der Waals surface area contributed by atoms with Crippen LogP contribution in [0.4, 0.5) is 0 Å². The van der Waals surface area contributed by atoms with Crippen LogP contribution in [-0.4, -0.2) is 25.7 Å². The first kappa shape index (κ1) is 14.4. The van der Waals surface area contributed by atoms with Crippen LogP contribution in [0.2, 0.25) is 10.0 Å². The van der Waals surface area contributed by atoms with Gasteiger partial charge in [-0.1, -0.05) is 23.2 Å². The Bertz CT molecular complexity index is 479. The molecule has 1 aliphatic rings. The number of nitrogens with one attached hydrogen (secondary N) is 1. The van der Waals surface area contributed by atoms with Gasteiger partial charge in [-0.25, -0.2) is 0 Å². The molecule has 0 bridgehead atoms. The van der Waals surface area contributed by atoms with Gasteiger partial charge in [-0.15, -0.1) is 0 Å². The van der Waals surface area contributed by atoms with Crippen LogP contribution in [0.1, 0.15) is 24.9 Å². The van der Waals surface area contributed by atoms with Gasteiger partial charge >= 0.3 is 5.97 Å². The topological polar surface area (TPSA) is 47.6 Å². The van der Waals surface area contributed by atoms with Crippen LogP contribution in [0.15, 0.2) is 12.1 Å². The molecule has 1 aliphatic heterocycles. The highest BCUT2D eigenvalue weighted by atomic mass is 35.5. The van der Waals surface area contributed by atoms with Crippen LogP contribution in [-0.2, 0) is 9.53 Å². The second kappa shape index (κ2) is 6.46. The molecule has 0 spiro atoms. The van der Waals surface area contributed by atoms with Crippen molar-refractivity contribution in [1.29, 1.82) is 0 Å². The van der Waals surface area contributed by atoms with Crippen molar-refractivity contribution in [3.8, 4) is 5.75 Å². The third-order valence-corrected chi connectivity index (χ3v) is 3.36. The summed E-state index contributed by atoms with van der Waals surface area (Å²) in [6.07, 6.45) is 0.753. The number of halogens is 2. The predicted molar refractivity (Wildman–Crippen MR) is 74.0 cm³/mol. The summed E-state index contributed by atoms with van der Waals surface area (Å²) in [7, 11) is 0. The van der Waals surface area contributed by atoms with E-state index < -0.39 is 0 Å². The average Bonchev–Trinajstić information content (AvgIpc) is 2.36. The lowest BCUT2D eigenvalue weighted by Crippen LogP contribution is -2.32. The Balaban J connectivity index is 2.11. The van der Waals surface area contributed by atoms with Crippen molar-refractivity contribution in [2.45, 2.75) is 19.4 Å². The van der Waals surface area contributed by atoms with Gasteiger partial charge in [0.2, 0.25) is 0 Å². The van der Waals surface area contributed by atoms with E-state index in [1.807, 2.05) is 6.07 Å². The summed E-state index contributed by atoms with van der Waals surface area (Å²) in [5.41, 5.74) is 0.882. The standard InChI is InChI=1S/C13H15Cl2NO3/c1-2-18-12(17)7-16-11-3-4-19-13-9(11)5-8(14)6-10(13)15/h5-6,11,16H,2-4,7H2,1H3. The van der Waals surface area contributed by atoms with Crippen LogP contribution in [0.5, 0.6) is 5.75 Å². The Labute approximate surface area is 122 Å². The zero-order valence-corrected chi connectivity index (χ0v) is 12.1. The highest BCUT2D eigenvalue weighted by molar-refractivity contribution is 6.35. The number of ether oxygens (including phenoxy) is 2. The molecule has 6 heteroatoms. The second-order valence-electron chi connectivity index (χ2n) is 4.18.